The van der Waals surface area contributed by atoms with Crippen molar-refractivity contribution in [2.24, 2.45) is 5.92 Å². The molecule has 1 heterocycles. The van der Waals surface area contributed by atoms with E-state index in [0.29, 0.717) is 10.8 Å². The number of nitrogens with zero attached hydrogens (tertiary/aromatic N) is 1. The summed E-state index contributed by atoms with van der Waals surface area (Å²) < 4.78 is 25.3. The predicted octanol–water partition coefficient (Wildman–Crippen LogP) is 1.66. The monoisotopic (exact) mass is 304 g/mol. The summed E-state index contributed by atoms with van der Waals surface area (Å²) in [5.74, 6) is -0.0298. The molecule has 0 aliphatic rings. The molecule has 1 N–H and O–H groups in total. The maximum atomic E-state index is 11.9. The molecule has 0 saturated heterocycles. The minimum atomic E-state index is -3.38. The highest BCUT2D eigenvalue weighted by Crippen LogP contribution is 2.23. The SMILES string of the molecule is CC[C@@H](C)C(=O)NCc1ccc(S(=O)(=O)N(C)C)s1. The Balaban J connectivity index is 2.69. The zero-order valence-electron chi connectivity index (χ0n) is 11.6. The Labute approximate surface area is 118 Å². The molecule has 0 bridgehead atoms. The molecule has 19 heavy (non-hydrogen) atoms. The third-order valence-corrected chi connectivity index (χ3v) is 6.24. The van der Waals surface area contributed by atoms with Gasteiger partial charge < -0.3 is 5.32 Å². The summed E-state index contributed by atoms with van der Waals surface area (Å²) in [7, 11) is -0.378. The van der Waals surface area contributed by atoms with Crippen molar-refractivity contribution in [1.29, 1.82) is 0 Å². The molecule has 0 spiro atoms. The molecular weight excluding hydrogens is 284 g/mol. The Bertz CT molecular complexity index is 535. The van der Waals surface area contributed by atoms with Crippen LogP contribution in [-0.4, -0.2) is 32.7 Å². The highest BCUT2D eigenvalue weighted by Gasteiger charge is 2.19. The average molecular weight is 304 g/mol. The van der Waals surface area contributed by atoms with Gasteiger partial charge in [0.25, 0.3) is 10.0 Å². The van der Waals surface area contributed by atoms with Crippen molar-refractivity contribution in [2.75, 3.05) is 14.1 Å². The number of hydrogen-bond donors (Lipinski definition) is 1. The first-order chi connectivity index (χ1) is 8.78. The van der Waals surface area contributed by atoms with Crippen LogP contribution < -0.4 is 5.32 Å². The quantitative estimate of drug-likeness (QED) is 0.869. The maximum Gasteiger partial charge on any atom is 0.252 e. The summed E-state index contributed by atoms with van der Waals surface area (Å²) in [5, 5.41) is 2.81. The van der Waals surface area contributed by atoms with E-state index in [4.69, 9.17) is 0 Å². The molecular formula is C12H20N2O3S2. The van der Waals surface area contributed by atoms with Crippen LogP contribution in [0, 0.1) is 5.92 Å². The van der Waals surface area contributed by atoms with E-state index in [0.717, 1.165) is 11.3 Å². The summed E-state index contributed by atoms with van der Waals surface area (Å²) in [4.78, 5) is 12.5. The lowest BCUT2D eigenvalue weighted by Crippen LogP contribution is -2.27. The third kappa shape index (κ3) is 4.02. The molecule has 0 unspecified atom stereocenters. The Morgan fingerprint density at radius 1 is 1.42 bits per heavy atom. The first kappa shape index (κ1) is 16.1. The summed E-state index contributed by atoms with van der Waals surface area (Å²) in [6.45, 7) is 4.19. The van der Waals surface area contributed by atoms with Crippen LogP contribution in [0.1, 0.15) is 25.1 Å². The molecule has 1 atom stereocenters. The van der Waals surface area contributed by atoms with E-state index < -0.39 is 10.0 Å². The average Bonchev–Trinajstić information content (AvgIpc) is 2.84. The number of amides is 1. The second kappa shape index (κ2) is 6.49. The van der Waals surface area contributed by atoms with Gasteiger partial charge in [-0.15, -0.1) is 11.3 Å². The number of carbonyl (C=O) groups excluding carboxylic acids is 1. The molecule has 0 radical (unpaired) electrons. The van der Waals surface area contributed by atoms with Crippen LogP contribution in [0.5, 0.6) is 0 Å². The molecule has 0 fully saturated rings. The summed E-state index contributed by atoms with van der Waals surface area (Å²) >= 11 is 1.19. The summed E-state index contributed by atoms with van der Waals surface area (Å²) in [5.41, 5.74) is 0. The summed E-state index contributed by atoms with van der Waals surface area (Å²) in [6.07, 6.45) is 0.788. The number of thiophene rings is 1. The molecule has 0 aromatic carbocycles. The first-order valence-corrected chi connectivity index (χ1v) is 8.33. The van der Waals surface area contributed by atoms with Crippen LogP contribution in [-0.2, 0) is 21.4 Å². The van der Waals surface area contributed by atoms with Crippen molar-refractivity contribution in [2.45, 2.75) is 31.0 Å². The van der Waals surface area contributed by atoms with E-state index >= 15 is 0 Å². The molecule has 5 nitrogen and oxygen atoms in total. The maximum absolute atomic E-state index is 11.9. The van der Waals surface area contributed by atoms with Crippen LogP contribution in [0.15, 0.2) is 16.3 Å². The van der Waals surface area contributed by atoms with E-state index in [1.165, 1.54) is 29.7 Å². The highest BCUT2D eigenvalue weighted by atomic mass is 32.2. The topological polar surface area (TPSA) is 66.5 Å². The largest absolute Gasteiger partial charge is 0.351 e. The minimum absolute atomic E-state index is 0.00656. The molecule has 0 saturated carbocycles. The number of sulfonamides is 1. The minimum Gasteiger partial charge on any atom is -0.351 e. The first-order valence-electron chi connectivity index (χ1n) is 6.08. The van der Waals surface area contributed by atoms with Crippen molar-refractivity contribution < 1.29 is 13.2 Å². The Kier molecular flexibility index (Phi) is 5.51. The molecule has 0 aliphatic carbocycles. The molecule has 7 heteroatoms. The molecule has 1 amide bonds. The zero-order valence-corrected chi connectivity index (χ0v) is 13.3. The van der Waals surface area contributed by atoms with E-state index in [-0.39, 0.29) is 11.8 Å². The smallest absolute Gasteiger partial charge is 0.252 e. The number of nitrogens with one attached hydrogen (secondary N) is 1. The van der Waals surface area contributed by atoms with E-state index in [1.54, 1.807) is 12.1 Å². The van der Waals surface area contributed by atoms with Crippen LogP contribution >= 0.6 is 11.3 Å². The Morgan fingerprint density at radius 2 is 2.05 bits per heavy atom. The Morgan fingerprint density at radius 3 is 2.58 bits per heavy atom. The van der Waals surface area contributed by atoms with Crippen molar-refractivity contribution in [1.82, 2.24) is 9.62 Å². The molecule has 108 valence electrons. The molecule has 1 aromatic rings. The van der Waals surface area contributed by atoms with Gasteiger partial charge in [0.05, 0.1) is 6.54 Å². The van der Waals surface area contributed by atoms with Gasteiger partial charge in [-0.25, -0.2) is 12.7 Å². The third-order valence-electron chi connectivity index (χ3n) is 2.87. The van der Waals surface area contributed by atoms with Gasteiger partial charge in [-0.05, 0) is 18.6 Å². The molecule has 1 rings (SSSR count). The van der Waals surface area contributed by atoms with Gasteiger partial charge in [0.2, 0.25) is 5.91 Å². The Hall–Kier alpha value is -0.920. The fraction of sp³-hybridized carbons (Fsp3) is 0.583. The number of hydrogen-bond acceptors (Lipinski definition) is 4. The normalized spacial score (nSPS) is 13.5. The fourth-order valence-electron chi connectivity index (χ4n) is 1.31. The molecule has 1 aromatic heterocycles. The van der Waals surface area contributed by atoms with Gasteiger partial charge in [0.1, 0.15) is 4.21 Å². The van der Waals surface area contributed by atoms with Gasteiger partial charge in [0, 0.05) is 24.9 Å². The van der Waals surface area contributed by atoms with Crippen LogP contribution in [0.25, 0.3) is 0 Å². The van der Waals surface area contributed by atoms with Gasteiger partial charge >= 0.3 is 0 Å². The second-order valence-corrected chi connectivity index (χ2v) is 8.08. The predicted molar refractivity (Wildman–Crippen MR) is 76.5 cm³/mol. The van der Waals surface area contributed by atoms with Gasteiger partial charge in [-0.2, -0.15) is 0 Å². The van der Waals surface area contributed by atoms with Crippen molar-refractivity contribution >= 4 is 27.3 Å². The lowest BCUT2D eigenvalue weighted by Gasteiger charge is -2.09. The molecule has 0 aliphatic heterocycles. The standard InChI is InChI=1S/C12H20N2O3S2/c1-5-9(2)12(15)13-8-10-6-7-11(18-10)19(16,17)14(3)4/h6-7,9H,5,8H2,1-4H3,(H,13,15)/t9-/m1/s1. The number of rotatable bonds is 6. The number of carbonyl (C=O) groups is 1. The van der Waals surface area contributed by atoms with Gasteiger partial charge in [-0.3, -0.25) is 4.79 Å². The highest BCUT2D eigenvalue weighted by molar-refractivity contribution is 7.91. The lowest BCUT2D eigenvalue weighted by molar-refractivity contribution is -0.124. The van der Waals surface area contributed by atoms with Crippen LogP contribution in [0.4, 0.5) is 0 Å². The summed E-state index contributed by atoms with van der Waals surface area (Å²) in [6, 6.07) is 3.31. The lowest BCUT2D eigenvalue weighted by atomic mass is 10.1. The van der Waals surface area contributed by atoms with Crippen molar-refractivity contribution in [3.05, 3.63) is 17.0 Å². The van der Waals surface area contributed by atoms with Crippen LogP contribution in [0.3, 0.4) is 0 Å². The van der Waals surface area contributed by atoms with E-state index in [1.807, 2.05) is 13.8 Å². The van der Waals surface area contributed by atoms with Gasteiger partial charge in [-0.1, -0.05) is 13.8 Å². The van der Waals surface area contributed by atoms with Gasteiger partial charge in [0.15, 0.2) is 0 Å². The fourth-order valence-corrected chi connectivity index (χ4v) is 3.77. The van der Waals surface area contributed by atoms with Crippen molar-refractivity contribution in [3.63, 3.8) is 0 Å². The van der Waals surface area contributed by atoms with Crippen molar-refractivity contribution in [3.8, 4) is 0 Å². The van der Waals surface area contributed by atoms with Crippen LogP contribution in [0.2, 0.25) is 0 Å². The zero-order chi connectivity index (χ0) is 14.6. The van der Waals surface area contributed by atoms with E-state index in [9.17, 15) is 13.2 Å². The van der Waals surface area contributed by atoms with E-state index in [2.05, 4.69) is 5.32 Å². The second-order valence-electron chi connectivity index (χ2n) is 4.54.